The lowest BCUT2D eigenvalue weighted by Crippen LogP contribution is -2.37. The van der Waals surface area contributed by atoms with E-state index in [2.05, 4.69) is 5.32 Å². The zero-order chi connectivity index (χ0) is 15.1. The van der Waals surface area contributed by atoms with Gasteiger partial charge in [0.1, 0.15) is 5.37 Å². The Morgan fingerprint density at radius 2 is 1.57 bits per heavy atom. The molecular formula is C17H17NO2S. The average molecular weight is 299 g/mol. The molecule has 1 N–H and O–H groups in total. The molecule has 2 rings (SSSR count). The number of rotatable bonds is 6. The minimum Gasteiger partial charge on any atom is -0.338 e. The number of carbonyl (C=O) groups excluding carboxylic acids is 2. The average Bonchev–Trinajstić information content (AvgIpc) is 2.52. The van der Waals surface area contributed by atoms with Crippen LogP contribution in [0.2, 0.25) is 0 Å². The number of amides is 1. The quantitative estimate of drug-likeness (QED) is 0.658. The van der Waals surface area contributed by atoms with E-state index in [1.165, 1.54) is 18.7 Å². The SMILES string of the molecule is CC(=O)N[C@@H](SCc1ccccc1)C(=O)c1ccccc1. The molecule has 1 atom stereocenters. The van der Waals surface area contributed by atoms with E-state index in [4.69, 9.17) is 0 Å². The van der Waals surface area contributed by atoms with E-state index in [1.54, 1.807) is 12.1 Å². The normalized spacial score (nSPS) is 11.7. The lowest BCUT2D eigenvalue weighted by atomic mass is 10.1. The van der Waals surface area contributed by atoms with E-state index < -0.39 is 5.37 Å². The van der Waals surface area contributed by atoms with Gasteiger partial charge in [0, 0.05) is 18.2 Å². The molecule has 0 aliphatic carbocycles. The molecule has 0 fully saturated rings. The first-order valence-electron chi connectivity index (χ1n) is 6.68. The molecule has 2 aromatic carbocycles. The predicted octanol–water partition coefficient (Wildman–Crippen LogP) is 3.26. The standard InChI is InChI=1S/C17H17NO2S/c1-13(19)18-17(16(20)15-10-6-3-7-11-15)21-12-14-8-4-2-5-9-14/h2-11,17H,12H2,1H3,(H,18,19)/t17-/m0/s1. The van der Waals surface area contributed by atoms with E-state index in [9.17, 15) is 9.59 Å². The Morgan fingerprint density at radius 1 is 1.00 bits per heavy atom. The van der Waals surface area contributed by atoms with Crippen molar-refractivity contribution < 1.29 is 9.59 Å². The second-order valence-corrected chi connectivity index (χ2v) is 5.70. The Morgan fingerprint density at radius 3 is 2.14 bits per heavy atom. The van der Waals surface area contributed by atoms with Crippen molar-refractivity contribution in [2.75, 3.05) is 0 Å². The van der Waals surface area contributed by atoms with Crippen LogP contribution in [0, 0.1) is 0 Å². The first kappa shape index (κ1) is 15.3. The van der Waals surface area contributed by atoms with Crippen molar-refractivity contribution in [3.63, 3.8) is 0 Å². The summed E-state index contributed by atoms with van der Waals surface area (Å²) in [6.07, 6.45) is 0. The zero-order valence-corrected chi connectivity index (χ0v) is 12.6. The van der Waals surface area contributed by atoms with E-state index >= 15 is 0 Å². The molecule has 0 aromatic heterocycles. The van der Waals surface area contributed by atoms with Crippen molar-refractivity contribution in [3.8, 4) is 0 Å². The Labute approximate surface area is 128 Å². The molecule has 1 amide bonds. The molecule has 0 aliphatic heterocycles. The van der Waals surface area contributed by atoms with Crippen molar-refractivity contribution >= 4 is 23.5 Å². The van der Waals surface area contributed by atoms with Crippen LogP contribution in [0.3, 0.4) is 0 Å². The molecule has 0 saturated heterocycles. The van der Waals surface area contributed by atoms with Crippen LogP contribution in [-0.2, 0) is 10.5 Å². The highest BCUT2D eigenvalue weighted by atomic mass is 32.2. The minimum absolute atomic E-state index is 0.0771. The van der Waals surface area contributed by atoms with E-state index in [1.807, 2.05) is 48.5 Å². The fraction of sp³-hybridized carbons (Fsp3) is 0.176. The fourth-order valence-corrected chi connectivity index (χ4v) is 2.96. The van der Waals surface area contributed by atoms with Gasteiger partial charge in [-0.15, -0.1) is 11.8 Å². The molecule has 0 radical (unpaired) electrons. The van der Waals surface area contributed by atoms with Crippen LogP contribution in [0.25, 0.3) is 0 Å². The van der Waals surface area contributed by atoms with Crippen LogP contribution in [-0.4, -0.2) is 17.1 Å². The molecule has 0 saturated carbocycles. The number of thioether (sulfide) groups is 1. The number of Topliss-reactive ketones (excluding diaryl/α,β-unsaturated/α-hetero) is 1. The lowest BCUT2D eigenvalue weighted by molar-refractivity contribution is -0.119. The highest BCUT2D eigenvalue weighted by Crippen LogP contribution is 2.19. The van der Waals surface area contributed by atoms with Gasteiger partial charge in [0.15, 0.2) is 5.78 Å². The Kier molecular flexibility index (Phi) is 5.58. The molecule has 0 spiro atoms. The zero-order valence-electron chi connectivity index (χ0n) is 11.8. The maximum Gasteiger partial charge on any atom is 0.218 e. The number of benzene rings is 2. The maximum atomic E-state index is 12.5. The number of carbonyl (C=O) groups is 2. The highest BCUT2D eigenvalue weighted by Gasteiger charge is 2.21. The second kappa shape index (κ2) is 7.64. The summed E-state index contributed by atoms with van der Waals surface area (Å²) >= 11 is 1.42. The molecule has 4 heteroatoms. The van der Waals surface area contributed by atoms with Crippen LogP contribution < -0.4 is 5.32 Å². The number of nitrogens with one attached hydrogen (secondary N) is 1. The molecule has 21 heavy (non-hydrogen) atoms. The van der Waals surface area contributed by atoms with Crippen LogP contribution >= 0.6 is 11.8 Å². The van der Waals surface area contributed by atoms with Crippen LogP contribution in [0.4, 0.5) is 0 Å². The highest BCUT2D eigenvalue weighted by molar-refractivity contribution is 7.99. The number of ketones is 1. The fourth-order valence-electron chi connectivity index (χ4n) is 1.88. The van der Waals surface area contributed by atoms with Gasteiger partial charge in [0.05, 0.1) is 0 Å². The lowest BCUT2D eigenvalue weighted by Gasteiger charge is -2.16. The van der Waals surface area contributed by atoms with Crippen molar-refractivity contribution in [1.29, 1.82) is 0 Å². The van der Waals surface area contributed by atoms with Gasteiger partial charge in [-0.05, 0) is 5.56 Å². The molecule has 108 valence electrons. The first-order valence-corrected chi connectivity index (χ1v) is 7.73. The van der Waals surface area contributed by atoms with E-state index in [0.29, 0.717) is 11.3 Å². The smallest absolute Gasteiger partial charge is 0.218 e. The van der Waals surface area contributed by atoms with Crippen molar-refractivity contribution in [1.82, 2.24) is 5.32 Å². The minimum atomic E-state index is -0.565. The third-order valence-electron chi connectivity index (χ3n) is 2.89. The van der Waals surface area contributed by atoms with Gasteiger partial charge in [0.2, 0.25) is 5.91 Å². The Balaban J connectivity index is 2.07. The van der Waals surface area contributed by atoms with E-state index in [0.717, 1.165) is 5.56 Å². The largest absolute Gasteiger partial charge is 0.338 e. The summed E-state index contributed by atoms with van der Waals surface area (Å²) in [5, 5.41) is 2.16. The van der Waals surface area contributed by atoms with Gasteiger partial charge in [0.25, 0.3) is 0 Å². The second-order valence-electron chi connectivity index (χ2n) is 4.61. The first-order chi connectivity index (χ1) is 10.2. The number of hydrogen-bond donors (Lipinski definition) is 1. The van der Waals surface area contributed by atoms with E-state index in [-0.39, 0.29) is 11.7 Å². The predicted molar refractivity (Wildman–Crippen MR) is 86.1 cm³/mol. The van der Waals surface area contributed by atoms with Gasteiger partial charge >= 0.3 is 0 Å². The summed E-state index contributed by atoms with van der Waals surface area (Å²) in [6, 6.07) is 18.9. The van der Waals surface area contributed by atoms with Gasteiger partial charge in [-0.3, -0.25) is 9.59 Å². The Bertz CT molecular complexity index is 599. The number of hydrogen-bond acceptors (Lipinski definition) is 3. The molecule has 0 bridgehead atoms. The molecule has 3 nitrogen and oxygen atoms in total. The maximum absolute atomic E-state index is 12.5. The molecule has 0 aliphatic rings. The summed E-state index contributed by atoms with van der Waals surface area (Å²) in [4.78, 5) is 23.8. The van der Waals surface area contributed by atoms with Crippen molar-refractivity contribution in [2.45, 2.75) is 18.1 Å². The van der Waals surface area contributed by atoms with Gasteiger partial charge in [-0.25, -0.2) is 0 Å². The monoisotopic (exact) mass is 299 g/mol. The summed E-state index contributed by atoms with van der Waals surface area (Å²) < 4.78 is 0. The topological polar surface area (TPSA) is 46.2 Å². The third kappa shape index (κ3) is 4.76. The summed E-state index contributed by atoms with van der Waals surface area (Å²) in [5.74, 6) is 0.390. The van der Waals surface area contributed by atoms with Gasteiger partial charge in [-0.1, -0.05) is 60.7 Å². The summed E-state index contributed by atoms with van der Waals surface area (Å²) in [6.45, 7) is 1.42. The molecule has 2 aromatic rings. The van der Waals surface area contributed by atoms with Crippen LogP contribution in [0.15, 0.2) is 60.7 Å². The van der Waals surface area contributed by atoms with Crippen molar-refractivity contribution in [3.05, 3.63) is 71.8 Å². The van der Waals surface area contributed by atoms with Gasteiger partial charge in [-0.2, -0.15) is 0 Å². The Hall–Kier alpha value is -2.07. The van der Waals surface area contributed by atoms with Crippen LogP contribution in [0.1, 0.15) is 22.8 Å². The summed E-state index contributed by atoms with van der Waals surface area (Å²) in [5.41, 5.74) is 1.73. The van der Waals surface area contributed by atoms with Gasteiger partial charge < -0.3 is 5.32 Å². The molecular weight excluding hydrogens is 282 g/mol. The van der Waals surface area contributed by atoms with Crippen molar-refractivity contribution in [2.24, 2.45) is 0 Å². The van der Waals surface area contributed by atoms with Crippen LogP contribution in [0.5, 0.6) is 0 Å². The summed E-state index contributed by atoms with van der Waals surface area (Å²) in [7, 11) is 0. The molecule has 0 heterocycles. The third-order valence-corrected chi connectivity index (χ3v) is 4.06. The molecule has 0 unspecified atom stereocenters.